The molecule has 0 saturated heterocycles. The van der Waals surface area contributed by atoms with Gasteiger partial charge in [-0.1, -0.05) is 42.0 Å². The van der Waals surface area contributed by atoms with E-state index in [0.717, 1.165) is 16.9 Å². The Labute approximate surface area is 119 Å². The molecule has 104 valence electrons. The Balaban J connectivity index is 2.22. The quantitative estimate of drug-likeness (QED) is 0.907. The van der Waals surface area contributed by atoms with Crippen LogP contribution < -0.4 is 10.5 Å². The van der Waals surface area contributed by atoms with Gasteiger partial charge in [0.1, 0.15) is 5.75 Å². The Kier molecular flexibility index (Phi) is 4.41. The third-order valence-electron chi connectivity index (χ3n) is 3.42. The molecule has 20 heavy (non-hydrogen) atoms. The Bertz CT molecular complexity index is 573. The van der Waals surface area contributed by atoms with Crippen LogP contribution in [0.25, 0.3) is 0 Å². The fourth-order valence-corrected chi connectivity index (χ4v) is 2.18. The minimum atomic E-state index is -0.316. The maximum Gasteiger partial charge on any atom is 0.225 e. The second kappa shape index (κ2) is 6.24. The van der Waals surface area contributed by atoms with Gasteiger partial charge in [-0.25, -0.2) is 0 Å². The lowest BCUT2D eigenvalue weighted by Crippen LogP contribution is -2.23. The number of methoxy groups -OCH3 is 1. The van der Waals surface area contributed by atoms with Crippen molar-refractivity contribution in [3.05, 3.63) is 65.2 Å². The molecule has 0 radical (unpaired) electrons. The summed E-state index contributed by atoms with van der Waals surface area (Å²) in [5.74, 6) is 0.145. The van der Waals surface area contributed by atoms with E-state index in [0.29, 0.717) is 6.42 Å². The highest BCUT2D eigenvalue weighted by Crippen LogP contribution is 2.23. The second-order valence-corrected chi connectivity index (χ2v) is 4.92. The lowest BCUT2D eigenvalue weighted by atomic mass is 9.91. The van der Waals surface area contributed by atoms with E-state index in [9.17, 15) is 4.79 Å². The summed E-state index contributed by atoms with van der Waals surface area (Å²) in [7, 11) is 1.62. The Morgan fingerprint density at radius 2 is 1.70 bits per heavy atom. The predicted octanol–water partition coefficient (Wildman–Crippen LogP) is 2.82. The second-order valence-electron chi connectivity index (χ2n) is 4.92. The van der Waals surface area contributed by atoms with Crippen molar-refractivity contribution < 1.29 is 9.53 Å². The fourth-order valence-electron chi connectivity index (χ4n) is 2.18. The third-order valence-corrected chi connectivity index (χ3v) is 3.42. The van der Waals surface area contributed by atoms with E-state index in [2.05, 4.69) is 0 Å². The summed E-state index contributed by atoms with van der Waals surface area (Å²) in [6.45, 7) is 2.04. The lowest BCUT2D eigenvalue weighted by molar-refractivity contribution is -0.119. The van der Waals surface area contributed by atoms with Crippen molar-refractivity contribution in [1.29, 1.82) is 0 Å². The number of ether oxygens (including phenoxy) is 1. The molecule has 0 spiro atoms. The van der Waals surface area contributed by atoms with Crippen molar-refractivity contribution in [3.63, 3.8) is 0 Å². The molecule has 2 aromatic rings. The van der Waals surface area contributed by atoms with E-state index in [4.69, 9.17) is 10.5 Å². The van der Waals surface area contributed by atoms with Crippen LogP contribution in [0.1, 0.15) is 22.6 Å². The minimum absolute atomic E-state index is 0.309. The number of hydrogen-bond donors (Lipinski definition) is 1. The van der Waals surface area contributed by atoms with Crippen molar-refractivity contribution in [2.75, 3.05) is 7.11 Å². The molecule has 1 atom stereocenters. The van der Waals surface area contributed by atoms with E-state index < -0.39 is 0 Å². The van der Waals surface area contributed by atoms with E-state index >= 15 is 0 Å². The van der Waals surface area contributed by atoms with Gasteiger partial charge >= 0.3 is 0 Å². The molecular weight excluding hydrogens is 250 g/mol. The molecule has 0 saturated carbocycles. The molecule has 0 heterocycles. The van der Waals surface area contributed by atoms with E-state index in [1.807, 2.05) is 55.5 Å². The van der Waals surface area contributed by atoms with Crippen LogP contribution in [-0.2, 0) is 11.2 Å². The van der Waals surface area contributed by atoms with Crippen molar-refractivity contribution in [2.45, 2.75) is 19.3 Å². The van der Waals surface area contributed by atoms with Gasteiger partial charge in [0.2, 0.25) is 5.91 Å². The molecule has 0 fully saturated rings. The molecular formula is C17H19NO2. The number of benzene rings is 2. The summed E-state index contributed by atoms with van der Waals surface area (Å²) in [6.07, 6.45) is 0.613. The molecule has 1 amide bonds. The predicted molar refractivity (Wildman–Crippen MR) is 79.8 cm³/mol. The average molecular weight is 269 g/mol. The number of rotatable bonds is 5. The van der Waals surface area contributed by atoms with Crippen molar-refractivity contribution in [1.82, 2.24) is 0 Å². The summed E-state index contributed by atoms with van der Waals surface area (Å²) in [5, 5.41) is 0. The first-order chi connectivity index (χ1) is 9.60. The molecule has 0 bridgehead atoms. The van der Waals surface area contributed by atoms with Gasteiger partial charge in [-0.15, -0.1) is 0 Å². The van der Waals surface area contributed by atoms with Crippen LogP contribution in [0, 0.1) is 6.92 Å². The van der Waals surface area contributed by atoms with E-state index in [-0.39, 0.29) is 11.8 Å². The average Bonchev–Trinajstić information content (AvgIpc) is 2.46. The van der Waals surface area contributed by atoms with Gasteiger partial charge in [-0.05, 0) is 36.6 Å². The number of nitrogens with two attached hydrogens (primary N) is 1. The maximum absolute atomic E-state index is 11.7. The molecule has 2 rings (SSSR count). The first-order valence-corrected chi connectivity index (χ1v) is 6.59. The van der Waals surface area contributed by atoms with Gasteiger partial charge < -0.3 is 10.5 Å². The summed E-state index contributed by atoms with van der Waals surface area (Å²) < 4.78 is 5.12. The molecule has 3 heteroatoms. The van der Waals surface area contributed by atoms with Gasteiger partial charge in [0, 0.05) is 0 Å². The molecule has 0 aliphatic heterocycles. The molecule has 0 aliphatic carbocycles. The standard InChI is InChI=1S/C17H19NO2/c1-12-3-5-13(6-4-12)11-16(17(18)19)14-7-9-15(20-2)10-8-14/h3-10,16H,11H2,1-2H3,(H2,18,19). The molecule has 3 nitrogen and oxygen atoms in total. The number of primary amides is 1. The van der Waals surface area contributed by atoms with Gasteiger partial charge in [0.25, 0.3) is 0 Å². The number of amides is 1. The SMILES string of the molecule is COc1ccc(C(Cc2ccc(C)cc2)C(N)=O)cc1. The van der Waals surface area contributed by atoms with Crippen molar-refractivity contribution in [3.8, 4) is 5.75 Å². The smallest absolute Gasteiger partial charge is 0.225 e. The van der Waals surface area contributed by atoms with E-state index in [1.165, 1.54) is 5.56 Å². The summed E-state index contributed by atoms with van der Waals surface area (Å²) in [5.41, 5.74) is 8.77. The van der Waals surface area contributed by atoms with Gasteiger partial charge in [-0.3, -0.25) is 4.79 Å². The first-order valence-electron chi connectivity index (χ1n) is 6.59. The lowest BCUT2D eigenvalue weighted by Gasteiger charge is -2.14. The Morgan fingerprint density at radius 1 is 1.10 bits per heavy atom. The maximum atomic E-state index is 11.7. The Morgan fingerprint density at radius 3 is 2.20 bits per heavy atom. The van der Waals surface area contributed by atoms with Crippen LogP contribution in [0.5, 0.6) is 5.75 Å². The normalized spacial score (nSPS) is 11.9. The van der Waals surface area contributed by atoms with Gasteiger partial charge in [-0.2, -0.15) is 0 Å². The van der Waals surface area contributed by atoms with Crippen LogP contribution in [-0.4, -0.2) is 13.0 Å². The van der Waals surface area contributed by atoms with Gasteiger partial charge in [0.05, 0.1) is 13.0 Å². The monoisotopic (exact) mass is 269 g/mol. The first kappa shape index (κ1) is 14.1. The number of carbonyl (C=O) groups is 1. The summed E-state index contributed by atoms with van der Waals surface area (Å²) >= 11 is 0. The Hall–Kier alpha value is -2.29. The zero-order valence-corrected chi connectivity index (χ0v) is 11.8. The van der Waals surface area contributed by atoms with E-state index in [1.54, 1.807) is 7.11 Å². The molecule has 1 unspecified atom stereocenters. The van der Waals surface area contributed by atoms with Crippen LogP contribution in [0.2, 0.25) is 0 Å². The largest absolute Gasteiger partial charge is 0.497 e. The third kappa shape index (κ3) is 3.38. The zero-order chi connectivity index (χ0) is 14.5. The molecule has 2 aromatic carbocycles. The summed E-state index contributed by atoms with van der Waals surface area (Å²) in [6, 6.07) is 15.6. The van der Waals surface area contributed by atoms with Crippen LogP contribution >= 0.6 is 0 Å². The topological polar surface area (TPSA) is 52.3 Å². The molecule has 0 aliphatic rings. The highest BCUT2D eigenvalue weighted by molar-refractivity contribution is 5.82. The van der Waals surface area contributed by atoms with Crippen LogP contribution in [0.15, 0.2) is 48.5 Å². The fraction of sp³-hybridized carbons (Fsp3) is 0.235. The minimum Gasteiger partial charge on any atom is -0.497 e. The van der Waals surface area contributed by atoms with Gasteiger partial charge in [0.15, 0.2) is 0 Å². The highest BCUT2D eigenvalue weighted by Gasteiger charge is 2.18. The zero-order valence-electron chi connectivity index (χ0n) is 11.8. The van der Waals surface area contributed by atoms with Crippen molar-refractivity contribution >= 4 is 5.91 Å². The molecule has 0 aromatic heterocycles. The van der Waals surface area contributed by atoms with Crippen LogP contribution in [0.3, 0.4) is 0 Å². The van der Waals surface area contributed by atoms with Crippen LogP contribution in [0.4, 0.5) is 0 Å². The number of carbonyl (C=O) groups excluding carboxylic acids is 1. The highest BCUT2D eigenvalue weighted by atomic mass is 16.5. The molecule has 2 N–H and O–H groups in total. The summed E-state index contributed by atoms with van der Waals surface area (Å²) in [4.78, 5) is 11.7. The number of hydrogen-bond acceptors (Lipinski definition) is 2. The van der Waals surface area contributed by atoms with Crippen molar-refractivity contribution in [2.24, 2.45) is 5.73 Å². The number of aryl methyl sites for hydroxylation is 1.